The van der Waals surface area contributed by atoms with Gasteiger partial charge in [0.1, 0.15) is 13.2 Å². The topological polar surface area (TPSA) is 57.7 Å². The molecule has 0 fully saturated rings. The van der Waals surface area contributed by atoms with Crippen molar-refractivity contribution in [2.45, 2.75) is 20.1 Å². The minimum absolute atomic E-state index is 0.139. The second-order valence-corrected chi connectivity index (χ2v) is 6.18. The largest absolute Gasteiger partial charge is 0.490 e. The molecule has 0 N–H and O–H groups in total. The molecule has 0 amide bonds. The van der Waals surface area contributed by atoms with Gasteiger partial charge in [0.05, 0.1) is 12.3 Å². The Morgan fingerprint density at radius 1 is 0.931 bits per heavy atom. The van der Waals surface area contributed by atoms with Crippen LogP contribution in [0.15, 0.2) is 79.0 Å². The molecule has 0 aliphatic carbocycles. The maximum atomic E-state index is 11.9. The molecule has 3 rings (SSSR count). The van der Waals surface area contributed by atoms with Crippen molar-refractivity contribution in [2.75, 3.05) is 6.61 Å². The Balaban J connectivity index is 1.60. The number of nitrogens with zero attached hydrogens (tertiary/aromatic N) is 1. The van der Waals surface area contributed by atoms with E-state index in [1.54, 1.807) is 18.3 Å². The van der Waals surface area contributed by atoms with Crippen molar-refractivity contribution >= 4 is 12.0 Å². The third-order valence-electron chi connectivity index (χ3n) is 4.01. The van der Waals surface area contributed by atoms with Crippen LogP contribution in [0.1, 0.15) is 23.7 Å². The highest BCUT2D eigenvalue weighted by molar-refractivity contribution is 5.87. The molecule has 0 unspecified atom stereocenters. The van der Waals surface area contributed by atoms with Gasteiger partial charge in [-0.15, -0.1) is 0 Å². The zero-order valence-electron chi connectivity index (χ0n) is 16.3. The predicted molar refractivity (Wildman–Crippen MR) is 111 cm³/mol. The summed E-state index contributed by atoms with van der Waals surface area (Å²) in [5.41, 5.74) is 2.60. The molecule has 0 atom stereocenters. The lowest BCUT2D eigenvalue weighted by Crippen LogP contribution is -2.02. The summed E-state index contributed by atoms with van der Waals surface area (Å²) < 4.78 is 16.8. The number of esters is 1. The van der Waals surface area contributed by atoms with Gasteiger partial charge in [-0.2, -0.15) is 0 Å². The van der Waals surface area contributed by atoms with Crippen LogP contribution in [0, 0.1) is 0 Å². The maximum Gasteiger partial charge on any atom is 0.331 e. The number of hydrogen-bond donors (Lipinski definition) is 0. The van der Waals surface area contributed by atoms with E-state index >= 15 is 0 Å². The van der Waals surface area contributed by atoms with Gasteiger partial charge >= 0.3 is 5.97 Å². The van der Waals surface area contributed by atoms with Crippen molar-refractivity contribution in [3.63, 3.8) is 0 Å². The molecule has 5 heteroatoms. The van der Waals surface area contributed by atoms with Crippen molar-refractivity contribution in [3.8, 4) is 11.5 Å². The average Bonchev–Trinajstić information content (AvgIpc) is 2.77. The number of carbonyl (C=O) groups is 1. The van der Waals surface area contributed by atoms with E-state index in [1.807, 2.05) is 67.6 Å². The fourth-order valence-corrected chi connectivity index (χ4v) is 2.59. The lowest BCUT2D eigenvalue weighted by molar-refractivity contribution is -0.139. The minimum atomic E-state index is -0.432. The van der Waals surface area contributed by atoms with E-state index in [9.17, 15) is 4.79 Å². The Labute approximate surface area is 170 Å². The molecule has 1 heterocycles. The van der Waals surface area contributed by atoms with Crippen LogP contribution < -0.4 is 9.47 Å². The van der Waals surface area contributed by atoms with E-state index in [0.29, 0.717) is 30.4 Å². The molecule has 0 spiro atoms. The van der Waals surface area contributed by atoms with Gasteiger partial charge < -0.3 is 14.2 Å². The predicted octanol–water partition coefficient (Wildman–Crippen LogP) is 4.82. The smallest absolute Gasteiger partial charge is 0.331 e. The van der Waals surface area contributed by atoms with E-state index < -0.39 is 5.97 Å². The molecule has 29 heavy (non-hydrogen) atoms. The number of benzene rings is 2. The lowest BCUT2D eigenvalue weighted by Gasteiger charge is -2.12. The molecule has 5 nitrogen and oxygen atoms in total. The summed E-state index contributed by atoms with van der Waals surface area (Å²) in [6.07, 6.45) is 4.73. The van der Waals surface area contributed by atoms with Crippen LogP contribution in [-0.2, 0) is 22.7 Å². The number of carbonyl (C=O) groups excluding carboxylic acids is 1. The number of rotatable bonds is 9. The first kappa shape index (κ1) is 20.1. The number of hydrogen-bond acceptors (Lipinski definition) is 5. The first-order valence-electron chi connectivity index (χ1n) is 9.43. The Morgan fingerprint density at radius 2 is 1.76 bits per heavy atom. The van der Waals surface area contributed by atoms with E-state index in [-0.39, 0.29) is 6.61 Å². The van der Waals surface area contributed by atoms with Gasteiger partial charge in [-0.3, -0.25) is 4.98 Å². The summed E-state index contributed by atoms with van der Waals surface area (Å²) in [5, 5.41) is 0. The highest BCUT2D eigenvalue weighted by Crippen LogP contribution is 2.29. The Kier molecular flexibility index (Phi) is 7.41. The molecule has 0 bridgehead atoms. The molecule has 2 aromatic carbocycles. The zero-order chi connectivity index (χ0) is 20.3. The van der Waals surface area contributed by atoms with E-state index in [1.165, 1.54) is 6.08 Å². The van der Waals surface area contributed by atoms with Crippen LogP contribution >= 0.6 is 0 Å². The summed E-state index contributed by atoms with van der Waals surface area (Å²) in [6, 6.07) is 21.0. The third-order valence-corrected chi connectivity index (χ3v) is 4.01. The van der Waals surface area contributed by atoms with Crippen molar-refractivity contribution in [2.24, 2.45) is 0 Å². The Morgan fingerprint density at radius 3 is 2.52 bits per heavy atom. The monoisotopic (exact) mass is 389 g/mol. The Bertz CT molecular complexity index is 940. The first-order valence-corrected chi connectivity index (χ1v) is 9.43. The van der Waals surface area contributed by atoms with Crippen LogP contribution in [0.3, 0.4) is 0 Å². The van der Waals surface area contributed by atoms with Crippen molar-refractivity contribution in [3.05, 3.63) is 95.8 Å². The van der Waals surface area contributed by atoms with E-state index in [2.05, 4.69) is 4.98 Å². The molecule has 0 aliphatic rings. The summed E-state index contributed by atoms with van der Waals surface area (Å²) >= 11 is 0. The summed E-state index contributed by atoms with van der Waals surface area (Å²) in [7, 11) is 0. The molecule has 0 radical (unpaired) electrons. The van der Waals surface area contributed by atoms with Crippen LogP contribution in [-0.4, -0.2) is 17.6 Å². The van der Waals surface area contributed by atoms with Crippen LogP contribution in [0.2, 0.25) is 0 Å². The minimum Gasteiger partial charge on any atom is -0.490 e. The van der Waals surface area contributed by atoms with Gasteiger partial charge in [0, 0.05) is 12.3 Å². The third kappa shape index (κ3) is 6.50. The Hall–Kier alpha value is -3.60. The molecule has 1 aromatic heterocycles. The molecule has 148 valence electrons. The summed E-state index contributed by atoms with van der Waals surface area (Å²) in [6.45, 7) is 3.02. The molecule has 0 aliphatic heterocycles. The highest BCUT2D eigenvalue weighted by atomic mass is 16.5. The van der Waals surface area contributed by atoms with Gasteiger partial charge in [0.25, 0.3) is 0 Å². The van der Waals surface area contributed by atoms with E-state index in [4.69, 9.17) is 14.2 Å². The molecular formula is C24H23NO4. The molecule has 3 aromatic rings. The number of pyridine rings is 1. The van der Waals surface area contributed by atoms with Gasteiger partial charge in [-0.1, -0.05) is 42.5 Å². The molecule has 0 saturated heterocycles. The normalized spacial score (nSPS) is 10.7. The fraction of sp³-hybridized carbons (Fsp3) is 0.167. The average molecular weight is 389 g/mol. The fourth-order valence-electron chi connectivity index (χ4n) is 2.59. The van der Waals surface area contributed by atoms with Gasteiger partial charge in [-0.25, -0.2) is 4.79 Å². The first-order chi connectivity index (χ1) is 14.2. The quantitative estimate of drug-likeness (QED) is 0.388. The van der Waals surface area contributed by atoms with Crippen LogP contribution in [0.5, 0.6) is 11.5 Å². The highest BCUT2D eigenvalue weighted by Gasteiger charge is 2.07. The summed E-state index contributed by atoms with van der Waals surface area (Å²) in [5.74, 6) is 0.857. The number of aromatic nitrogens is 1. The van der Waals surface area contributed by atoms with Crippen LogP contribution in [0.4, 0.5) is 0 Å². The van der Waals surface area contributed by atoms with E-state index in [0.717, 1.165) is 11.1 Å². The molecule has 0 saturated carbocycles. The van der Waals surface area contributed by atoms with Crippen molar-refractivity contribution in [1.29, 1.82) is 0 Å². The summed E-state index contributed by atoms with van der Waals surface area (Å²) in [4.78, 5) is 16.1. The van der Waals surface area contributed by atoms with Crippen molar-refractivity contribution < 1.29 is 19.0 Å². The lowest BCUT2D eigenvalue weighted by atomic mass is 10.2. The molecular weight excluding hydrogens is 366 g/mol. The standard InChI is InChI=1S/C24H23NO4/c1-2-27-23-16-19(11-13-22(23)28-17-20-8-4-3-5-9-20)12-14-24(26)29-18-21-10-6-7-15-25-21/h3-16H,2,17-18H2,1H3. The van der Waals surface area contributed by atoms with Gasteiger partial charge in [-0.05, 0) is 48.4 Å². The van der Waals surface area contributed by atoms with Gasteiger partial charge in [0.15, 0.2) is 11.5 Å². The maximum absolute atomic E-state index is 11.9. The van der Waals surface area contributed by atoms with Crippen molar-refractivity contribution in [1.82, 2.24) is 4.98 Å². The number of ether oxygens (including phenoxy) is 3. The SMILES string of the molecule is CCOc1cc(C=CC(=O)OCc2ccccn2)ccc1OCc1ccccc1. The second-order valence-electron chi connectivity index (χ2n) is 6.18. The zero-order valence-corrected chi connectivity index (χ0v) is 16.3. The van der Waals surface area contributed by atoms with Crippen LogP contribution in [0.25, 0.3) is 6.08 Å². The van der Waals surface area contributed by atoms with Gasteiger partial charge in [0.2, 0.25) is 0 Å². The second kappa shape index (κ2) is 10.7.